The Balaban J connectivity index is 1.80. The molecule has 1 fully saturated rings. The SMILES string of the molecule is Cc1cc(CN[C@@H]2C[C@H]2C)n[nH]1. The fourth-order valence-corrected chi connectivity index (χ4v) is 1.41. The standard InChI is InChI=1S/C9H15N3/c1-6-3-9(6)10-5-8-4-7(2)11-12-8/h4,6,9-10H,3,5H2,1-2H3,(H,11,12)/t6-,9-/m1/s1. The van der Waals surface area contributed by atoms with Gasteiger partial charge >= 0.3 is 0 Å². The highest BCUT2D eigenvalue weighted by atomic mass is 15.1. The first kappa shape index (κ1) is 7.80. The first-order chi connectivity index (χ1) is 5.75. The van der Waals surface area contributed by atoms with Gasteiger partial charge in [0.15, 0.2) is 0 Å². The van der Waals surface area contributed by atoms with Crippen LogP contribution in [-0.4, -0.2) is 16.2 Å². The molecule has 1 aromatic rings. The Kier molecular flexibility index (Phi) is 1.89. The van der Waals surface area contributed by atoms with Gasteiger partial charge in [-0.25, -0.2) is 0 Å². The van der Waals surface area contributed by atoms with Crippen molar-refractivity contribution in [2.45, 2.75) is 32.9 Å². The maximum Gasteiger partial charge on any atom is 0.0762 e. The smallest absolute Gasteiger partial charge is 0.0762 e. The number of H-pyrrole nitrogens is 1. The van der Waals surface area contributed by atoms with E-state index < -0.39 is 0 Å². The van der Waals surface area contributed by atoms with Crippen LogP contribution in [0.5, 0.6) is 0 Å². The molecule has 1 aliphatic carbocycles. The molecular formula is C9H15N3. The van der Waals surface area contributed by atoms with Crippen LogP contribution in [0, 0.1) is 12.8 Å². The third kappa shape index (κ3) is 1.67. The highest BCUT2D eigenvalue weighted by Crippen LogP contribution is 2.29. The second-order valence-corrected chi connectivity index (χ2v) is 3.74. The predicted molar refractivity (Wildman–Crippen MR) is 47.7 cm³/mol. The highest BCUT2D eigenvalue weighted by molar-refractivity contribution is 5.07. The molecule has 3 heteroatoms. The van der Waals surface area contributed by atoms with Crippen molar-refractivity contribution in [1.82, 2.24) is 15.5 Å². The zero-order valence-electron chi connectivity index (χ0n) is 7.59. The molecule has 1 saturated carbocycles. The fraction of sp³-hybridized carbons (Fsp3) is 0.667. The van der Waals surface area contributed by atoms with Crippen LogP contribution in [0.2, 0.25) is 0 Å². The summed E-state index contributed by atoms with van der Waals surface area (Å²) in [6.07, 6.45) is 1.32. The van der Waals surface area contributed by atoms with Crippen LogP contribution in [-0.2, 0) is 6.54 Å². The first-order valence-corrected chi connectivity index (χ1v) is 4.50. The van der Waals surface area contributed by atoms with E-state index >= 15 is 0 Å². The zero-order valence-corrected chi connectivity index (χ0v) is 7.59. The fourth-order valence-electron chi connectivity index (χ4n) is 1.41. The number of aryl methyl sites for hydroxylation is 1. The Bertz CT molecular complexity index is 266. The Morgan fingerprint density at radius 2 is 2.50 bits per heavy atom. The first-order valence-electron chi connectivity index (χ1n) is 4.50. The maximum atomic E-state index is 4.15. The van der Waals surface area contributed by atoms with E-state index in [-0.39, 0.29) is 0 Å². The summed E-state index contributed by atoms with van der Waals surface area (Å²) in [6.45, 7) is 5.20. The van der Waals surface area contributed by atoms with Gasteiger partial charge in [0.2, 0.25) is 0 Å². The molecule has 1 aliphatic rings. The van der Waals surface area contributed by atoms with Gasteiger partial charge in [-0.15, -0.1) is 0 Å². The van der Waals surface area contributed by atoms with Crippen molar-refractivity contribution in [3.05, 3.63) is 17.5 Å². The summed E-state index contributed by atoms with van der Waals surface area (Å²) in [4.78, 5) is 0. The lowest BCUT2D eigenvalue weighted by Gasteiger charge is -1.97. The summed E-state index contributed by atoms with van der Waals surface area (Å²) in [5.41, 5.74) is 2.25. The summed E-state index contributed by atoms with van der Waals surface area (Å²) in [5, 5.41) is 10.5. The quantitative estimate of drug-likeness (QED) is 0.707. The molecule has 1 heterocycles. The van der Waals surface area contributed by atoms with E-state index in [1.54, 1.807) is 0 Å². The summed E-state index contributed by atoms with van der Waals surface area (Å²) >= 11 is 0. The normalized spacial score (nSPS) is 27.5. The summed E-state index contributed by atoms with van der Waals surface area (Å²) in [6, 6.07) is 2.82. The van der Waals surface area contributed by atoms with Crippen molar-refractivity contribution in [2.24, 2.45) is 5.92 Å². The van der Waals surface area contributed by atoms with E-state index in [4.69, 9.17) is 0 Å². The lowest BCUT2D eigenvalue weighted by molar-refractivity contribution is 0.641. The van der Waals surface area contributed by atoms with Gasteiger partial charge in [-0.3, -0.25) is 5.10 Å². The molecule has 0 aromatic carbocycles. The Morgan fingerprint density at radius 3 is 3.00 bits per heavy atom. The van der Waals surface area contributed by atoms with Gasteiger partial charge in [0, 0.05) is 18.3 Å². The number of rotatable bonds is 3. The van der Waals surface area contributed by atoms with Crippen molar-refractivity contribution >= 4 is 0 Å². The van der Waals surface area contributed by atoms with Gasteiger partial charge in [0.05, 0.1) is 5.69 Å². The second-order valence-electron chi connectivity index (χ2n) is 3.74. The molecule has 66 valence electrons. The minimum Gasteiger partial charge on any atom is -0.308 e. The van der Waals surface area contributed by atoms with Crippen molar-refractivity contribution < 1.29 is 0 Å². The molecule has 0 unspecified atom stereocenters. The van der Waals surface area contributed by atoms with Crippen LogP contribution in [0.15, 0.2) is 6.07 Å². The van der Waals surface area contributed by atoms with Crippen LogP contribution in [0.1, 0.15) is 24.7 Å². The van der Waals surface area contributed by atoms with E-state index in [1.165, 1.54) is 6.42 Å². The number of hydrogen-bond acceptors (Lipinski definition) is 2. The average molecular weight is 165 g/mol. The molecule has 0 aliphatic heterocycles. The molecular weight excluding hydrogens is 150 g/mol. The molecule has 0 radical (unpaired) electrons. The Morgan fingerprint density at radius 1 is 1.75 bits per heavy atom. The number of hydrogen-bond donors (Lipinski definition) is 2. The molecule has 0 bridgehead atoms. The van der Waals surface area contributed by atoms with Crippen molar-refractivity contribution in [2.75, 3.05) is 0 Å². The van der Waals surface area contributed by atoms with Gasteiger partial charge < -0.3 is 5.32 Å². The topological polar surface area (TPSA) is 40.7 Å². The maximum absolute atomic E-state index is 4.15. The molecule has 12 heavy (non-hydrogen) atoms. The van der Waals surface area contributed by atoms with E-state index in [0.717, 1.165) is 29.9 Å². The lowest BCUT2D eigenvalue weighted by atomic mass is 10.3. The minimum atomic E-state index is 0.738. The number of nitrogens with zero attached hydrogens (tertiary/aromatic N) is 1. The van der Waals surface area contributed by atoms with E-state index in [0.29, 0.717) is 0 Å². The molecule has 0 spiro atoms. The van der Waals surface area contributed by atoms with Gasteiger partial charge in [0.25, 0.3) is 0 Å². The van der Waals surface area contributed by atoms with Gasteiger partial charge in [-0.1, -0.05) is 6.92 Å². The van der Waals surface area contributed by atoms with Gasteiger partial charge in [-0.2, -0.15) is 5.10 Å². The molecule has 2 rings (SSSR count). The third-order valence-corrected chi connectivity index (χ3v) is 2.41. The van der Waals surface area contributed by atoms with Crippen molar-refractivity contribution in [1.29, 1.82) is 0 Å². The summed E-state index contributed by atoms with van der Waals surface area (Å²) in [7, 11) is 0. The molecule has 2 atom stereocenters. The Hall–Kier alpha value is -0.830. The number of nitrogens with one attached hydrogen (secondary N) is 2. The van der Waals surface area contributed by atoms with E-state index in [9.17, 15) is 0 Å². The zero-order chi connectivity index (χ0) is 8.55. The molecule has 3 nitrogen and oxygen atoms in total. The molecule has 1 aromatic heterocycles. The van der Waals surface area contributed by atoms with Gasteiger partial charge in [-0.05, 0) is 25.3 Å². The van der Waals surface area contributed by atoms with E-state index in [1.807, 2.05) is 6.92 Å². The predicted octanol–water partition coefficient (Wildman–Crippen LogP) is 1.22. The van der Waals surface area contributed by atoms with E-state index in [2.05, 4.69) is 28.5 Å². The van der Waals surface area contributed by atoms with Crippen LogP contribution in [0.25, 0.3) is 0 Å². The average Bonchev–Trinajstić information content (AvgIpc) is 2.56. The molecule has 2 N–H and O–H groups in total. The van der Waals surface area contributed by atoms with Crippen molar-refractivity contribution in [3.8, 4) is 0 Å². The lowest BCUT2D eigenvalue weighted by Crippen LogP contribution is -2.17. The monoisotopic (exact) mass is 165 g/mol. The number of aromatic amines is 1. The highest BCUT2D eigenvalue weighted by Gasteiger charge is 2.31. The number of aromatic nitrogens is 2. The largest absolute Gasteiger partial charge is 0.308 e. The van der Waals surface area contributed by atoms with Crippen LogP contribution in [0.3, 0.4) is 0 Å². The second kappa shape index (κ2) is 2.90. The molecule has 0 amide bonds. The molecule has 0 saturated heterocycles. The van der Waals surface area contributed by atoms with Gasteiger partial charge in [0.1, 0.15) is 0 Å². The third-order valence-electron chi connectivity index (χ3n) is 2.41. The van der Waals surface area contributed by atoms with Crippen molar-refractivity contribution in [3.63, 3.8) is 0 Å². The van der Waals surface area contributed by atoms with Crippen LogP contribution >= 0.6 is 0 Å². The summed E-state index contributed by atoms with van der Waals surface area (Å²) in [5.74, 6) is 0.866. The van der Waals surface area contributed by atoms with Crippen LogP contribution in [0.4, 0.5) is 0 Å². The minimum absolute atomic E-state index is 0.738. The van der Waals surface area contributed by atoms with Crippen LogP contribution < -0.4 is 5.32 Å². The Labute approximate surface area is 72.6 Å². The summed E-state index contributed by atoms with van der Waals surface area (Å²) < 4.78 is 0.